The van der Waals surface area contributed by atoms with Gasteiger partial charge < -0.3 is 0 Å². The highest BCUT2D eigenvalue weighted by Crippen LogP contribution is 2.21. The van der Waals surface area contributed by atoms with Crippen LogP contribution in [0.2, 0.25) is 0 Å². The standard InChI is InChI=1S/C19H14N4O2/c24-23(25)17-10-8-15(9-11-17)19-20-13-22(21-19)12-16-6-3-5-14-4-1-2-7-18(14)16/h1-11,13H,12H2. The molecule has 0 saturated carbocycles. The molecular formula is C19H14N4O2. The summed E-state index contributed by atoms with van der Waals surface area (Å²) in [5, 5.41) is 17.6. The third-order valence-electron chi connectivity index (χ3n) is 4.09. The van der Waals surface area contributed by atoms with Crippen molar-refractivity contribution < 1.29 is 4.92 Å². The Labute approximate surface area is 143 Å². The molecule has 3 aromatic carbocycles. The van der Waals surface area contributed by atoms with E-state index in [1.165, 1.54) is 28.5 Å². The molecule has 0 radical (unpaired) electrons. The van der Waals surface area contributed by atoms with Crippen LogP contribution in [0.15, 0.2) is 73.1 Å². The maximum Gasteiger partial charge on any atom is 0.269 e. The lowest BCUT2D eigenvalue weighted by Crippen LogP contribution is -2.01. The van der Waals surface area contributed by atoms with E-state index < -0.39 is 4.92 Å². The average Bonchev–Trinajstić information content (AvgIpc) is 3.11. The van der Waals surface area contributed by atoms with Crippen molar-refractivity contribution in [3.05, 3.63) is 88.7 Å². The molecule has 122 valence electrons. The smallest absolute Gasteiger partial charge is 0.258 e. The zero-order valence-electron chi connectivity index (χ0n) is 13.2. The molecule has 0 atom stereocenters. The van der Waals surface area contributed by atoms with Crippen molar-refractivity contribution >= 4 is 16.5 Å². The lowest BCUT2D eigenvalue weighted by molar-refractivity contribution is -0.384. The van der Waals surface area contributed by atoms with Crippen LogP contribution >= 0.6 is 0 Å². The molecular weight excluding hydrogens is 316 g/mol. The summed E-state index contributed by atoms with van der Waals surface area (Å²) in [6.07, 6.45) is 1.68. The number of nitrogens with zero attached hydrogens (tertiary/aromatic N) is 4. The molecule has 0 bridgehead atoms. The number of fused-ring (bicyclic) bond motifs is 1. The molecule has 4 aromatic rings. The van der Waals surface area contributed by atoms with Gasteiger partial charge in [-0.1, -0.05) is 42.5 Å². The first-order valence-corrected chi connectivity index (χ1v) is 7.81. The Morgan fingerprint density at radius 2 is 1.72 bits per heavy atom. The molecule has 1 heterocycles. The van der Waals surface area contributed by atoms with E-state index in [0.29, 0.717) is 12.4 Å². The summed E-state index contributed by atoms with van der Waals surface area (Å²) in [7, 11) is 0. The molecule has 0 aliphatic rings. The van der Waals surface area contributed by atoms with Gasteiger partial charge in [-0.25, -0.2) is 9.67 Å². The highest BCUT2D eigenvalue weighted by atomic mass is 16.6. The third-order valence-corrected chi connectivity index (χ3v) is 4.09. The maximum absolute atomic E-state index is 10.7. The van der Waals surface area contributed by atoms with Crippen LogP contribution in [-0.2, 0) is 6.54 Å². The van der Waals surface area contributed by atoms with Crippen molar-refractivity contribution in [2.45, 2.75) is 6.54 Å². The Hall–Kier alpha value is -3.54. The highest BCUT2D eigenvalue weighted by Gasteiger charge is 2.09. The molecule has 0 spiro atoms. The Balaban J connectivity index is 1.62. The van der Waals surface area contributed by atoms with Gasteiger partial charge in [-0.15, -0.1) is 0 Å². The molecule has 25 heavy (non-hydrogen) atoms. The van der Waals surface area contributed by atoms with Crippen LogP contribution in [0.5, 0.6) is 0 Å². The molecule has 6 heteroatoms. The average molecular weight is 330 g/mol. The summed E-state index contributed by atoms with van der Waals surface area (Å²) in [5.74, 6) is 0.551. The number of non-ortho nitro benzene ring substituents is 1. The number of rotatable bonds is 4. The second-order valence-corrected chi connectivity index (χ2v) is 5.71. The zero-order chi connectivity index (χ0) is 17.2. The fraction of sp³-hybridized carbons (Fsp3) is 0.0526. The normalized spacial score (nSPS) is 10.9. The fourth-order valence-corrected chi connectivity index (χ4v) is 2.84. The molecule has 0 amide bonds. The summed E-state index contributed by atoms with van der Waals surface area (Å²) in [5.41, 5.74) is 1.97. The number of hydrogen-bond acceptors (Lipinski definition) is 4. The molecule has 6 nitrogen and oxygen atoms in total. The van der Waals surface area contributed by atoms with Gasteiger partial charge in [-0.3, -0.25) is 10.1 Å². The van der Waals surface area contributed by atoms with E-state index in [4.69, 9.17) is 0 Å². The summed E-state index contributed by atoms with van der Waals surface area (Å²) in [4.78, 5) is 14.6. The number of hydrogen-bond donors (Lipinski definition) is 0. The molecule has 0 aliphatic carbocycles. The van der Waals surface area contributed by atoms with Crippen LogP contribution < -0.4 is 0 Å². The molecule has 0 N–H and O–H groups in total. The van der Waals surface area contributed by atoms with Crippen LogP contribution in [0.1, 0.15) is 5.56 Å². The second-order valence-electron chi connectivity index (χ2n) is 5.71. The van der Waals surface area contributed by atoms with E-state index in [1.807, 2.05) is 18.2 Å². The van der Waals surface area contributed by atoms with Gasteiger partial charge in [0.05, 0.1) is 11.5 Å². The Morgan fingerprint density at radius 1 is 0.960 bits per heavy atom. The molecule has 0 unspecified atom stereocenters. The molecule has 0 fully saturated rings. The van der Waals surface area contributed by atoms with Gasteiger partial charge in [0.1, 0.15) is 6.33 Å². The minimum atomic E-state index is -0.420. The molecule has 1 aromatic heterocycles. The van der Waals surface area contributed by atoms with Crippen molar-refractivity contribution in [3.8, 4) is 11.4 Å². The first kappa shape index (κ1) is 15.0. The largest absolute Gasteiger partial charge is 0.269 e. The van der Waals surface area contributed by atoms with Gasteiger partial charge >= 0.3 is 0 Å². The summed E-state index contributed by atoms with van der Waals surface area (Å²) in [6, 6.07) is 20.7. The monoisotopic (exact) mass is 330 g/mol. The summed E-state index contributed by atoms with van der Waals surface area (Å²) < 4.78 is 1.78. The van der Waals surface area contributed by atoms with Gasteiger partial charge in [-0.2, -0.15) is 5.10 Å². The van der Waals surface area contributed by atoms with E-state index in [2.05, 4.69) is 34.3 Å². The number of benzene rings is 3. The molecule has 0 aliphatic heterocycles. The zero-order valence-corrected chi connectivity index (χ0v) is 13.2. The topological polar surface area (TPSA) is 73.8 Å². The van der Waals surface area contributed by atoms with E-state index in [9.17, 15) is 10.1 Å². The Morgan fingerprint density at radius 3 is 2.52 bits per heavy atom. The van der Waals surface area contributed by atoms with Crippen molar-refractivity contribution in [2.75, 3.05) is 0 Å². The quantitative estimate of drug-likeness (QED) is 0.418. The first-order valence-electron chi connectivity index (χ1n) is 7.81. The van der Waals surface area contributed by atoms with E-state index >= 15 is 0 Å². The Kier molecular flexibility index (Phi) is 3.70. The van der Waals surface area contributed by atoms with Gasteiger partial charge in [0.2, 0.25) is 0 Å². The lowest BCUT2D eigenvalue weighted by atomic mass is 10.0. The lowest BCUT2D eigenvalue weighted by Gasteiger charge is -2.06. The van der Waals surface area contributed by atoms with Gasteiger partial charge in [-0.05, 0) is 28.5 Å². The summed E-state index contributed by atoms with van der Waals surface area (Å²) >= 11 is 0. The van der Waals surface area contributed by atoms with Crippen molar-refractivity contribution in [2.24, 2.45) is 0 Å². The van der Waals surface area contributed by atoms with Crippen LogP contribution in [0, 0.1) is 10.1 Å². The fourth-order valence-electron chi connectivity index (χ4n) is 2.84. The van der Waals surface area contributed by atoms with E-state index in [1.54, 1.807) is 23.1 Å². The van der Waals surface area contributed by atoms with Gasteiger partial charge in [0, 0.05) is 17.7 Å². The van der Waals surface area contributed by atoms with Crippen LogP contribution in [-0.4, -0.2) is 19.7 Å². The van der Waals surface area contributed by atoms with Crippen molar-refractivity contribution in [3.63, 3.8) is 0 Å². The van der Waals surface area contributed by atoms with Crippen LogP contribution in [0.3, 0.4) is 0 Å². The minimum Gasteiger partial charge on any atom is -0.258 e. The SMILES string of the molecule is O=[N+]([O-])c1ccc(-c2ncn(Cc3cccc4ccccc34)n2)cc1. The van der Waals surface area contributed by atoms with E-state index in [0.717, 1.165) is 5.56 Å². The van der Waals surface area contributed by atoms with Crippen molar-refractivity contribution in [1.82, 2.24) is 14.8 Å². The Bertz CT molecular complexity index is 1050. The van der Waals surface area contributed by atoms with Crippen LogP contribution in [0.25, 0.3) is 22.2 Å². The van der Waals surface area contributed by atoms with Crippen molar-refractivity contribution in [1.29, 1.82) is 0 Å². The highest BCUT2D eigenvalue weighted by molar-refractivity contribution is 5.85. The number of nitro groups is 1. The number of nitro benzene ring substituents is 1. The van der Waals surface area contributed by atoms with Crippen LogP contribution in [0.4, 0.5) is 5.69 Å². The predicted molar refractivity (Wildman–Crippen MR) is 95.2 cm³/mol. The van der Waals surface area contributed by atoms with Gasteiger partial charge in [0.15, 0.2) is 5.82 Å². The minimum absolute atomic E-state index is 0.0546. The first-order chi connectivity index (χ1) is 12.2. The molecule has 4 rings (SSSR count). The second kappa shape index (κ2) is 6.16. The summed E-state index contributed by atoms with van der Waals surface area (Å²) in [6.45, 7) is 0.612. The third kappa shape index (κ3) is 2.97. The van der Waals surface area contributed by atoms with E-state index in [-0.39, 0.29) is 5.69 Å². The molecule has 0 saturated heterocycles. The maximum atomic E-state index is 10.7. The predicted octanol–water partition coefficient (Wildman–Crippen LogP) is 4.05. The number of aromatic nitrogens is 3. The van der Waals surface area contributed by atoms with Gasteiger partial charge in [0.25, 0.3) is 5.69 Å².